The predicted molar refractivity (Wildman–Crippen MR) is 110 cm³/mol. The molecule has 8 nitrogen and oxygen atoms in total. The molecule has 3 rings (SSSR count). The van der Waals surface area contributed by atoms with Gasteiger partial charge in [0.15, 0.2) is 5.13 Å². The van der Waals surface area contributed by atoms with E-state index in [1.807, 2.05) is 6.07 Å². The van der Waals surface area contributed by atoms with Crippen LogP contribution in [0.25, 0.3) is 0 Å². The second kappa shape index (κ2) is 10.1. The van der Waals surface area contributed by atoms with Crippen LogP contribution >= 0.6 is 11.3 Å². The first-order valence-electron chi connectivity index (χ1n) is 9.42. The first kappa shape index (κ1) is 20.9. The molecule has 154 valence electrons. The average molecular weight is 417 g/mol. The van der Waals surface area contributed by atoms with E-state index in [4.69, 9.17) is 4.74 Å². The lowest BCUT2D eigenvalue weighted by atomic mass is 10.2. The molecular formula is C20H24N4O4S. The number of benzene rings is 1. The Bertz CT molecular complexity index is 851. The number of nitrogens with one attached hydrogen (secondary N) is 2. The van der Waals surface area contributed by atoms with Crippen molar-refractivity contribution in [2.45, 2.75) is 25.3 Å². The maximum absolute atomic E-state index is 12.7. The number of amides is 3. The highest BCUT2D eigenvalue weighted by Crippen LogP contribution is 2.20. The molecule has 0 unspecified atom stereocenters. The Morgan fingerprint density at radius 2 is 1.97 bits per heavy atom. The molecule has 0 radical (unpaired) electrons. The highest BCUT2D eigenvalue weighted by atomic mass is 32.1. The monoisotopic (exact) mass is 416 g/mol. The van der Waals surface area contributed by atoms with Gasteiger partial charge in [-0.05, 0) is 25.0 Å². The number of hydrogen-bond acceptors (Lipinski definition) is 6. The molecule has 3 amide bonds. The minimum absolute atomic E-state index is 0.0603. The predicted octanol–water partition coefficient (Wildman–Crippen LogP) is 1.69. The Labute approximate surface area is 173 Å². The number of hydrogen-bond donors (Lipinski definition) is 2. The van der Waals surface area contributed by atoms with Crippen LogP contribution in [0, 0.1) is 0 Å². The normalized spacial score (nSPS) is 13.0. The first-order valence-corrected chi connectivity index (χ1v) is 10.3. The van der Waals surface area contributed by atoms with Crippen LogP contribution in [0.3, 0.4) is 0 Å². The average Bonchev–Trinajstić information content (AvgIpc) is 3.42. The molecule has 1 aliphatic rings. The molecule has 29 heavy (non-hydrogen) atoms. The number of anilines is 1. The van der Waals surface area contributed by atoms with E-state index in [2.05, 4.69) is 15.6 Å². The fourth-order valence-corrected chi connectivity index (χ4v) is 3.39. The summed E-state index contributed by atoms with van der Waals surface area (Å²) in [4.78, 5) is 42.7. The number of ether oxygens (including phenoxy) is 1. The molecule has 1 saturated carbocycles. The van der Waals surface area contributed by atoms with E-state index in [1.54, 1.807) is 36.8 Å². The summed E-state index contributed by atoms with van der Waals surface area (Å²) in [5.41, 5.74) is 1.12. The Morgan fingerprint density at radius 3 is 2.66 bits per heavy atom. The third kappa shape index (κ3) is 6.65. The van der Waals surface area contributed by atoms with Crippen LogP contribution in [0.1, 0.15) is 28.9 Å². The molecule has 0 saturated heterocycles. The molecule has 0 spiro atoms. The third-order valence-electron chi connectivity index (χ3n) is 4.29. The van der Waals surface area contributed by atoms with Gasteiger partial charge in [0.05, 0.1) is 18.7 Å². The molecule has 1 aromatic heterocycles. The van der Waals surface area contributed by atoms with Crippen molar-refractivity contribution in [1.82, 2.24) is 15.2 Å². The van der Waals surface area contributed by atoms with Gasteiger partial charge in [-0.1, -0.05) is 18.2 Å². The molecule has 1 heterocycles. The summed E-state index contributed by atoms with van der Waals surface area (Å²) in [5.74, 6) is -0.655. The van der Waals surface area contributed by atoms with Gasteiger partial charge < -0.3 is 20.3 Å². The van der Waals surface area contributed by atoms with Gasteiger partial charge in [-0.3, -0.25) is 14.4 Å². The molecule has 0 atom stereocenters. The van der Waals surface area contributed by atoms with Gasteiger partial charge in [0.1, 0.15) is 6.54 Å². The molecule has 1 fully saturated rings. The number of carbonyl (C=O) groups excluding carboxylic acids is 3. The van der Waals surface area contributed by atoms with Crippen molar-refractivity contribution in [3.05, 3.63) is 47.0 Å². The van der Waals surface area contributed by atoms with Crippen LogP contribution in [0.2, 0.25) is 0 Å². The minimum atomic E-state index is -0.353. The number of rotatable bonds is 10. The van der Waals surface area contributed by atoms with Crippen molar-refractivity contribution in [2.24, 2.45) is 0 Å². The van der Waals surface area contributed by atoms with Gasteiger partial charge in [0.2, 0.25) is 11.8 Å². The van der Waals surface area contributed by atoms with E-state index in [0.29, 0.717) is 35.6 Å². The quantitative estimate of drug-likeness (QED) is 0.614. The van der Waals surface area contributed by atoms with Crippen molar-refractivity contribution < 1.29 is 19.1 Å². The molecule has 0 aliphatic heterocycles. The zero-order valence-corrected chi connectivity index (χ0v) is 17.0. The lowest BCUT2D eigenvalue weighted by Gasteiger charge is -2.21. The van der Waals surface area contributed by atoms with E-state index in [9.17, 15) is 14.4 Å². The Kier molecular flexibility index (Phi) is 7.31. The highest BCUT2D eigenvalue weighted by molar-refractivity contribution is 7.13. The number of methoxy groups -OCH3 is 1. The van der Waals surface area contributed by atoms with Crippen molar-refractivity contribution >= 4 is 34.2 Å². The van der Waals surface area contributed by atoms with Crippen molar-refractivity contribution in [3.8, 4) is 0 Å². The van der Waals surface area contributed by atoms with Crippen molar-refractivity contribution in [2.75, 3.05) is 32.1 Å². The van der Waals surface area contributed by atoms with E-state index in [-0.39, 0.29) is 30.7 Å². The fourth-order valence-electron chi connectivity index (χ4n) is 2.67. The van der Waals surface area contributed by atoms with Crippen molar-refractivity contribution in [3.63, 3.8) is 0 Å². The standard InChI is InChI=1S/C20H24N4O4S/c1-28-10-9-24(19(27)14-5-3-2-4-6-14)12-18(26)23-20-22-16(13-29-20)11-17(25)21-15-7-8-15/h2-6,13,15H,7-12H2,1H3,(H,21,25)(H,22,23,26). The summed E-state index contributed by atoms with van der Waals surface area (Å²) in [7, 11) is 1.54. The van der Waals surface area contributed by atoms with Crippen LogP contribution in [-0.2, 0) is 20.7 Å². The zero-order valence-electron chi connectivity index (χ0n) is 16.2. The van der Waals surface area contributed by atoms with Crippen molar-refractivity contribution in [1.29, 1.82) is 0 Å². The van der Waals surface area contributed by atoms with E-state index in [0.717, 1.165) is 12.8 Å². The van der Waals surface area contributed by atoms with Gasteiger partial charge in [0.25, 0.3) is 5.91 Å². The van der Waals surface area contributed by atoms with Crippen LogP contribution in [0.4, 0.5) is 5.13 Å². The SMILES string of the molecule is COCCN(CC(=O)Nc1nc(CC(=O)NC2CC2)cs1)C(=O)c1ccccc1. The van der Waals surface area contributed by atoms with Crippen LogP contribution < -0.4 is 10.6 Å². The van der Waals surface area contributed by atoms with Crippen LogP contribution in [-0.4, -0.2) is 60.5 Å². The topological polar surface area (TPSA) is 101 Å². The minimum Gasteiger partial charge on any atom is -0.383 e. The molecule has 0 bridgehead atoms. The summed E-state index contributed by atoms with van der Waals surface area (Å²) in [6.07, 6.45) is 2.26. The number of carbonyl (C=O) groups is 3. The second-order valence-electron chi connectivity index (χ2n) is 6.80. The maximum atomic E-state index is 12.7. The summed E-state index contributed by atoms with van der Waals surface area (Å²) < 4.78 is 5.06. The second-order valence-corrected chi connectivity index (χ2v) is 7.65. The summed E-state index contributed by atoms with van der Waals surface area (Å²) in [6, 6.07) is 9.10. The first-order chi connectivity index (χ1) is 14.0. The molecule has 1 aliphatic carbocycles. The molecular weight excluding hydrogens is 392 g/mol. The van der Waals surface area contributed by atoms with E-state index < -0.39 is 0 Å². The smallest absolute Gasteiger partial charge is 0.254 e. The highest BCUT2D eigenvalue weighted by Gasteiger charge is 2.24. The van der Waals surface area contributed by atoms with Gasteiger partial charge in [-0.25, -0.2) is 4.98 Å². The number of aromatic nitrogens is 1. The fraction of sp³-hybridized carbons (Fsp3) is 0.400. The molecule has 1 aromatic carbocycles. The zero-order chi connectivity index (χ0) is 20.6. The van der Waals surface area contributed by atoms with Gasteiger partial charge >= 0.3 is 0 Å². The summed E-state index contributed by atoms with van der Waals surface area (Å²) >= 11 is 1.25. The van der Waals surface area contributed by atoms with Gasteiger partial charge in [-0.15, -0.1) is 11.3 Å². The van der Waals surface area contributed by atoms with Crippen LogP contribution in [0.5, 0.6) is 0 Å². The lowest BCUT2D eigenvalue weighted by molar-refractivity contribution is -0.120. The molecule has 2 aromatic rings. The van der Waals surface area contributed by atoms with Gasteiger partial charge in [0, 0.05) is 30.6 Å². The van der Waals surface area contributed by atoms with E-state index >= 15 is 0 Å². The van der Waals surface area contributed by atoms with Gasteiger partial charge in [-0.2, -0.15) is 0 Å². The summed E-state index contributed by atoms with van der Waals surface area (Å²) in [5, 5.41) is 7.77. The Hall–Kier alpha value is -2.78. The number of nitrogens with zero attached hydrogens (tertiary/aromatic N) is 2. The van der Waals surface area contributed by atoms with E-state index in [1.165, 1.54) is 16.2 Å². The Balaban J connectivity index is 1.55. The lowest BCUT2D eigenvalue weighted by Crippen LogP contribution is -2.40. The third-order valence-corrected chi connectivity index (χ3v) is 5.10. The summed E-state index contributed by atoms with van der Waals surface area (Å²) in [6.45, 7) is 0.500. The maximum Gasteiger partial charge on any atom is 0.254 e. The Morgan fingerprint density at radius 1 is 1.21 bits per heavy atom. The largest absolute Gasteiger partial charge is 0.383 e. The van der Waals surface area contributed by atoms with Crippen LogP contribution in [0.15, 0.2) is 35.7 Å². The molecule has 2 N–H and O–H groups in total. The number of thiazole rings is 1. The molecule has 9 heteroatoms.